The highest BCUT2D eigenvalue weighted by Gasteiger charge is 2.12. The Morgan fingerprint density at radius 3 is 2.76 bits per heavy atom. The molecule has 17 heavy (non-hydrogen) atoms. The highest BCUT2D eigenvalue weighted by molar-refractivity contribution is 5.53. The van der Waals surface area contributed by atoms with Crippen molar-refractivity contribution in [2.45, 2.75) is 26.3 Å². The monoisotopic (exact) mass is 227 g/mol. The molecular formula is C12H13N5. The summed E-state index contributed by atoms with van der Waals surface area (Å²) in [6.07, 6.45) is 5.28. The summed E-state index contributed by atoms with van der Waals surface area (Å²) in [6, 6.07) is 4.27. The molecule has 0 saturated heterocycles. The first-order valence-electron chi connectivity index (χ1n) is 5.44. The molecule has 0 radical (unpaired) electrons. The third-order valence-corrected chi connectivity index (χ3v) is 2.39. The summed E-state index contributed by atoms with van der Waals surface area (Å²) in [5, 5.41) is 13.2. The van der Waals surface area contributed by atoms with Crippen molar-refractivity contribution in [3.8, 4) is 17.5 Å². The summed E-state index contributed by atoms with van der Waals surface area (Å²) >= 11 is 0. The van der Waals surface area contributed by atoms with Gasteiger partial charge >= 0.3 is 0 Å². The Morgan fingerprint density at radius 2 is 2.18 bits per heavy atom. The van der Waals surface area contributed by atoms with Gasteiger partial charge in [0.25, 0.3) is 0 Å². The molecule has 0 N–H and O–H groups in total. The van der Waals surface area contributed by atoms with Gasteiger partial charge in [-0.2, -0.15) is 10.4 Å². The molecule has 0 aliphatic heterocycles. The van der Waals surface area contributed by atoms with Crippen LogP contribution in [0.3, 0.4) is 0 Å². The minimum atomic E-state index is 0.226. The number of nitrogens with zero attached hydrogens (tertiary/aromatic N) is 5. The van der Waals surface area contributed by atoms with Gasteiger partial charge in [-0.15, -0.1) is 0 Å². The van der Waals surface area contributed by atoms with E-state index in [1.54, 1.807) is 18.6 Å². The largest absolute Gasteiger partial charge is 0.265 e. The summed E-state index contributed by atoms with van der Waals surface area (Å²) in [5.41, 5.74) is 2.39. The normalized spacial score (nSPS) is 10.5. The Hall–Kier alpha value is -2.22. The summed E-state index contributed by atoms with van der Waals surface area (Å²) < 4.78 is 1.85. The zero-order chi connectivity index (χ0) is 12.3. The molecule has 2 rings (SSSR count). The van der Waals surface area contributed by atoms with Crippen LogP contribution in [0.1, 0.15) is 25.6 Å². The molecule has 0 aliphatic rings. The molecule has 0 amide bonds. The van der Waals surface area contributed by atoms with Gasteiger partial charge in [0.2, 0.25) is 0 Å². The lowest BCUT2D eigenvalue weighted by Gasteiger charge is -2.07. The Morgan fingerprint density at radius 1 is 1.35 bits per heavy atom. The van der Waals surface area contributed by atoms with E-state index < -0.39 is 0 Å². The van der Waals surface area contributed by atoms with Gasteiger partial charge in [-0.1, -0.05) is 0 Å². The molecular weight excluding hydrogens is 214 g/mol. The fraction of sp³-hybridized carbons (Fsp3) is 0.333. The molecule has 0 unspecified atom stereocenters. The van der Waals surface area contributed by atoms with Crippen LogP contribution in [0, 0.1) is 11.3 Å². The first-order chi connectivity index (χ1) is 8.22. The topological polar surface area (TPSA) is 67.4 Å². The maximum absolute atomic E-state index is 8.79. The third kappa shape index (κ3) is 2.31. The van der Waals surface area contributed by atoms with Crippen molar-refractivity contribution in [2.24, 2.45) is 0 Å². The van der Waals surface area contributed by atoms with E-state index >= 15 is 0 Å². The van der Waals surface area contributed by atoms with Gasteiger partial charge in [-0.05, 0) is 19.9 Å². The van der Waals surface area contributed by atoms with Gasteiger partial charge in [0.1, 0.15) is 11.4 Å². The van der Waals surface area contributed by atoms with Crippen LogP contribution in [0.2, 0.25) is 0 Å². The van der Waals surface area contributed by atoms with E-state index in [4.69, 9.17) is 5.26 Å². The molecule has 0 saturated carbocycles. The van der Waals surface area contributed by atoms with Crippen molar-refractivity contribution in [2.75, 3.05) is 0 Å². The van der Waals surface area contributed by atoms with Crippen molar-refractivity contribution in [3.63, 3.8) is 0 Å². The average Bonchev–Trinajstić information content (AvgIpc) is 2.75. The van der Waals surface area contributed by atoms with E-state index in [2.05, 4.69) is 21.1 Å². The molecule has 2 aromatic rings. The highest BCUT2D eigenvalue weighted by atomic mass is 15.3. The Kier molecular flexibility index (Phi) is 3.15. The van der Waals surface area contributed by atoms with Crippen molar-refractivity contribution in [3.05, 3.63) is 30.4 Å². The van der Waals surface area contributed by atoms with Crippen molar-refractivity contribution in [1.82, 2.24) is 19.7 Å². The molecule has 5 heteroatoms. The average molecular weight is 227 g/mol. The van der Waals surface area contributed by atoms with E-state index in [0.717, 1.165) is 17.1 Å². The lowest BCUT2D eigenvalue weighted by Crippen LogP contribution is -2.07. The fourth-order valence-corrected chi connectivity index (χ4v) is 1.65. The predicted octanol–water partition coefficient (Wildman–Crippen LogP) is 1.99. The van der Waals surface area contributed by atoms with Crippen LogP contribution < -0.4 is 0 Å². The minimum Gasteiger partial charge on any atom is -0.265 e. The number of nitriles is 1. The number of hydrogen-bond acceptors (Lipinski definition) is 4. The fourth-order valence-electron chi connectivity index (χ4n) is 1.65. The van der Waals surface area contributed by atoms with Gasteiger partial charge < -0.3 is 0 Å². The second-order valence-corrected chi connectivity index (χ2v) is 3.98. The summed E-state index contributed by atoms with van der Waals surface area (Å²) in [7, 11) is 0. The molecule has 0 spiro atoms. The Labute approximate surface area is 99.8 Å². The molecule has 0 aromatic carbocycles. The predicted molar refractivity (Wildman–Crippen MR) is 63.0 cm³/mol. The molecule has 0 atom stereocenters. The van der Waals surface area contributed by atoms with E-state index in [1.165, 1.54) is 0 Å². The molecule has 0 fully saturated rings. The van der Waals surface area contributed by atoms with Crippen molar-refractivity contribution in [1.29, 1.82) is 5.26 Å². The van der Waals surface area contributed by atoms with Crippen LogP contribution in [0.15, 0.2) is 24.7 Å². The standard InChI is InChI=1S/C12H13N5/c1-9(2)17-10(3-4-13)7-11(16-17)12-8-14-5-6-15-12/h5-9H,3H2,1-2H3. The van der Waals surface area contributed by atoms with Crippen LogP contribution in [0.25, 0.3) is 11.4 Å². The molecule has 2 aromatic heterocycles. The van der Waals surface area contributed by atoms with Crippen LogP contribution in [0.4, 0.5) is 0 Å². The first kappa shape index (κ1) is 11.3. The zero-order valence-corrected chi connectivity index (χ0v) is 9.83. The molecule has 0 bridgehead atoms. The number of rotatable bonds is 3. The SMILES string of the molecule is CC(C)n1nc(-c2cnccn2)cc1CC#N. The molecule has 2 heterocycles. The van der Waals surface area contributed by atoms with E-state index in [0.29, 0.717) is 6.42 Å². The van der Waals surface area contributed by atoms with Gasteiger partial charge in [0.05, 0.1) is 24.4 Å². The highest BCUT2D eigenvalue weighted by Crippen LogP contribution is 2.19. The lowest BCUT2D eigenvalue weighted by molar-refractivity contribution is 0.516. The second kappa shape index (κ2) is 4.74. The maximum Gasteiger partial charge on any atom is 0.113 e. The van der Waals surface area contributed by atoms with E-state index in [-0.39, 0.29) is 6.04 Å². The number of aromatic nitrogens is 4. The molecule has 86 valence electrons. The van der Waals surface area contributed by atoms with Gasteiger partial charge in [0.15, 0.2) is 0 Å². The third-order valence-electron chi connectivity index (χ3n) is 2.39. The quantitative estimate of drug-likeness (QED) is 0.804. The smallest absolute Gasteiger partial charge is 0.113 e. The maximum atomic E-state index is 8.79. The molecule has 5 nitrogen and oxygen atoms in total. The molecule has 0 aliphatic carbocycles. The Balaban J connectivity index is 2.44. The van der Waals surface area contributed by atoms with E-state index in [9.17, 15) is 0 Å². The number of hydrogen-bond donors (Lipinski definition) is 0. The van der Waals surface area contributed by atoms with Crippen LogP contribution >= 0.6 is 0 Å². The minimum absolute atomic E-state index is 0.226. The summed E-state index contributed by atoms with van der Waals surface area (Å²) in [6.45, 7) is 4.07. The Bertz CT molecular complexity index is 536. The van der Waals surface area contributed by atoms with Crippen molar-refractivity contribution < 1.29 is 0 Å². The van der Waals surface area contributed by atoms with Gasteiger partial charge in [-0.25, -0.2) is 0 Å². The van der Waals surface area contributed by atoms with Crippen molar-refractivity contribution >= 4 is 0 Å². The summed E-state index contributed by atoms with van der Waals surface area (Å²) in [5.74, 6) is 0. The van der Waals surface area contributed by atoms with Gasteiger partial charge in [-0.3, -0.25) is 14.6 Å². The van der Waals surface area contributed by atoms with E-state index in [1.807, 2.05) is 24.6 Å². The zero-order valence-electron chi connectivity index (χ0n) is 9.83. The summed E-state index contributed by atoms with van der Waals surface area (Å²) in [4.78, 5) is 8.22. The van der Waals surface area contributed by atoms with Crippen LogP contribution in [-0.2, 0) is 6.42 Å². The second-order valence-electron chi connectivity index (χ2n) is 3.98. The van der Waals surface area contributed by atoms with Crippen LogP contribution in [-0.4, -0.2) is 19.7 Å². The first-order valence-corrected chi connectivity index (χ1v) is 5.44. The lowest BCUT2D eigenvalue weighted by atomic mass is 10.2. The van der Waals surface area contributed by atoms with Crippen LogP contribution in [0.5, 0.6) is 0 Å². The van der Waals surface area contributed by atoms with Gasteiger partial charge in [0, 0.05) is 18.4 Å².